The molecule has 90 valence electrons. The van der Waals surface area contributed by atoms with Crippen molar-refractivity contribution in [2.45, 2.75) is 30.8 Å². The van der Waals surface area contributed by atoms with Gasteiger partial charge in [-0.15, -0.1) is 0 Å². The highest BCUT2D eigenvalue weighted by molar-refractivity contribution is 7.89. The first-order chi connectivity index (χ1) is 7.59. The molecule has 7 heteroatoms. The summed E-state index contributed by atoms with van der Waals surface area (Å²) in [6.07, 6.45) is 3.22. The van der Waals surface area contributed by atoms with Crippen LogP contribution < -0.4 is 4.72 Å². The predicted octanol–water partition coefficient (Wildman–Crippen LogP) is 0.175. The summed E-state index contributed by atoms with van der Waals surface area (Å²) in [4.78, 5) is 0.200. The molecule has 1 aliphatic rings. The summed E-state index contributed by atoms with van der Waals surface area (Å²) >= 11 is 0. The lowest BCUT2D eigenvalue weighted by molar-refractivity contribution is 0.114. The van der Waals surface area contributed by atoms with Crippen molar-refractivity contribution in [2.24, 2.45) is 0 Å². The number of aromatic amines is 1. The van der Waals surface area contributed by atoms with Gasteiger partial charge in [0.15, 0.2) is 0 Å². The zero-order valence-corrected chi connectivity index (χ0v) is 9.88. The zero-order chi connectivity index (χ0) is 11.6. The number of H-pyrrole nitrogens is 1. The van der Waals surface area contributed by atoms with E-state index in [0.717, 1.165) is 19.4 Å². The van der Waals surface area contributed by atoms with E-state index < -0.39 is 10.0 Å². The lowest BCUT2D eigenvalue weighted by Gasteiger charge is -2.10. The van der Waals surface area contributed by atoms with Crippen LogP contribution >= 0.6 is 0 Å². The van der Waals surface area contributed by atoms with Crippen LogP contribution in [0.25, 0.3) is 0 Å². The number of sulfonamides is 1. The zero-order valence-electron chi connectivity index (χ0n) is 9.06. The molecule has 1 atom stereocenters. The molecule has 1 aromatic heterocycles. The van der Waals surface area contributed by atoms with Gasteiger partial charge in [-0.2, -0.15) is 5.10 Å². The van der Waals surface area contributed by atoms with Crippen molar-refractivity contribution in [1.29, 1.82) is 0 Å². The van der Waals surface area contributed by atoms with Crippen molar-refractivity contribution in [3.63, 3.8) is 0 Å². The Morgan fingerprint density at radius 2 is 2.50 bits per heavy atom. The summed E-state index contributed by atoms with van der Waals surface area (Å²) in [5, 5.41) is 6.29. The molecule has 16 heavy (non-hydrogen) atoms. The first-order valence-electron chi connectivity index (χ1n) is 5.21. The molecule has 1 saturated heterocycles. The molecule has 1 unspecified atom stereocenters. The van der Waals surface area contributed by atoms with E-state index in [-0.39, 0.29) is 11.0 Å². The highest BCUT2D eigenvalue weighted by Crippen LogP contribution is 2.14. The summed E-state index contributed by atoms with van der Waals surface area (Å²) in [6.45, 7) is 2.72. The van der Waals surface area contributed by atoms with Crippen LogP contribution in [0.4, 0.5) is 0 Å². The van der Waals surface area contributed by atoms with Crippen LogP contribution in [-0.4, -0.2) is 37.9 Å². The fraction of sp³-hybridized carbons (Fsp3) is 0.667. The Hall–Kier alpha value is -0.920. The van der Waals surface area contributed by atoms with Crippen LogP contribution in [0.5, 0.6) is 0 Å². The average molecular weight is 245 g/mol. The highest BCUT2D eigenvalue weighted by Gasteiger charge is 2.22. The Labute approximate surface area is 94.4 Å². The van der Waals surface area contributed by atoms with Gasteiger partial charge in [0.2, 0.25) is 10.0 Å². The Kier molecular flexibility index (Phi) is 3.27. The molecule has 0 aliphatic carbocycles. The fourth-order valence-corrected chi connectivity index (χ4v) is 2.90. The van der Waals surface area contributed by atoms with E-state index in [1.807, 2.05) is 0 Å². The number of hydrogen-bond acceptors (Lipinski definition) is 4. The van der Waals surface area contributed by atoms with Crippen LogP contribution in [0, 0.1) is 6.92 Å². The van der Waals surface area contributed by atoms with Gasteiger partial charge < -0.3 is 4.74 Å². The predicted molar refractivity (Wildman–Crippen MR) is 57.5 cm³/mol. The molecule has 0 amide bonds. The minimum Gasteiger partial charge on any atom is -0.377 e. The average Bonchev–Trinajstić information content (AvgIpc) is 2.85. The Balaban J connectivity index is 2.00. The molecule has 1 aromatic rings. The summed E-state index contributed by atoms with van der Waals surface area (Å²) in [5.74, 6) is 0. The van der Waals surface area contributed by atoms with Crippen LogP contribution in [0.15, 0.2) is 11.1 Å². The van der Waals surface area contributed by atoms with Gasteiger partial charge in [-0.05, 0) is 19.8 Å². The van der Waals surface area contributed by atoms with Gasteiger partial charge in [0.05, 0.1) is 18.0 Å². The maximum atomic E-state index is 11.8. The maximum Gasteiger partial charge on any atom is 0.244 e. The Morgan fingerprint density at radius 3 is 3.06 bits per heavy atom. The Morgan fingerprint density at radius 1 is 1.69 bits per heavy atom. The fourth-order valence-electron chi connectivity index (χ4n) is 1.70. The van der Waals surface area contributed by atoms with Gasteiger partial charge >= 0.3 is 0 Å². The van der Waals surface area contributed by atoms with Gasteiger partial charge in [0.1, 0.15) is 4.90 Å². The lowest BCUT2D eigenvalue weighted by atomic mass is 10.2. The number of ether oxygens (including phenoxy) is 1. The van der Waals surface area contributed by atoms with Crippen LogP contribution in [0.2, 0.25) is 0 Å². The number of rotatable bonds is 4. The summed E-state index contributed by atoms with van der Waals surface area (Å²) in [5.41, 5.74) is 0.542. The third kappa shape index (κ3) is 2.42. The molecule has 0 saturated carbocycles. The van der Waals surface area contributed by atoms with Crippen LogP contribution in [-0.2, 0) is 14.8 Å². The number of nitrogens with zero attached hydrogens (tertiary/aromatic N) is 1. The van der Waals surface area contributed by atoms with Gasteiger partial charge in [-0.3, -0.25) is 5.10 Å². The molecule has 2 heterocycles. The van der Waals surface area contributed by atoms with Crippen molar-refractivity contribution in [3.05, 3.63) is 11.9 Å². The minimum absolute atomic E-state index is 0.00184. The minimum atomic E-state index is -3.46. The molecule has 0 radical (unpaired) electrons. The first kappa shape index (κ1) is 11.6. The molecule has 2 N–H and O–H groups in total. The number of hydrogen-bond donors (Lipinski definition) is 2. The second kappa shape index (κ2) is 4.52. The number of nitrogens with one attached hydrogen (secondary N) is 2. The third-order valence-electron chi connectivity index (χ3n) is 2.60. The smallest absolute Gasteiger partial charge is 0.244 e. The second-order valence-corrected chi connectivity index (χ2v) is 5.58. The van der Waals surface area contributed by atoms with E-state index in [2.05, 4.69) is 14.9 Å². The standard InChI is InChI=1S/C9H15N3O3S/c1-7-9(6-10-12-7)16(13,14)11-5-8-3-2-4-15-8/h6,8,11H,2-5H2,1H3,(H,10,12). The molecular weight excluding hydrogens is 230 g/mol. The van der Waals surface area contributed by atoms with E-state index in [0.29, 0.717) is 12.2 Å². The summed E-state index contributed by atoms with van der Waals surface area (Å²) in [6, 6.07) is 0. The van der Waals surface area contributed by atoms with Gasteiger partial charge in [-0.1, -0.05) is 0 Å². The molecule has 0 bridgehead atoms. The van der Waals surface area contributed by atoms with E-state index >= 15 is 0 Å². The molecular formula is C9H15N3O3S. The largest absolute Gasteiger partial charge is 0.377 e. The van der Waals surface area contributed by atoms with Crippen molar-refractivity contribution in [2.75, 3.05) is 13.2 Å². The quantitative estimate of drug-likeness (QED) is 0.792. The van der Waals surface area contributed by atoms with Gasteiger partial charge in [-0.25, -0.2) is 13.1 Å². The SMILES string of the molecule is Cc1[nH]ncc1S(=O)(=O)NCC1CCCO1. The van der Waals surface area contributed by atoms with E-state index in [4.69, 9.17) is 4.74 Å². The number of aryl methyl sites for hydroxylation is 1. The number of aromatic nitrogens is 2. The molecule has 0 aromatic carbocycles. The monoisotopic (exact) mass is 245 g/mol. The van der Waals surface area contributed by atoms with Gasteiger partial charge in [0, 0.05) is 13.2 Å². The van der Waals surface area contributed by atoms with Crippen molar-refractivity contribution < 1.29 is 13.2 Å². The van der Waals surface area contributed by atoms with Crippen molar-refractivity contribution >= 4 is 10.0 Å². The topological polar surface area (TPSA) is 84.1 Å². The first-order valence-corrected chi connectivity index (χ1v) is 6.69. The maximum absolute atomic E-state index is 11.8. The van der Waals surface area contributed by atoms with Crippen molar-refractivity contribution in [3.8, 4) is 0 Å². The normalized spacial score (nSPS) is 21.4. The molecule has 1 fully saturated rings. The second-order valence-electron chi connectivity index (χ2n) is 3.85. The lowest BCUT2D eigenvalue weighted by Crippen LogP contribution is -2.32. The molecule has 1 aliphatic heterocycles. The van der Waals surface area contributed by atoms with Crippen molar-refractivity contribution in [1.82, 2.24) is 14.9 Å². The molecule has 0 spiro atoms. The van der Waals surface area contributed by atoms with E-state index in [1.54, 1.807) is 6.92 Å². The molecule has 2 rings (SSSR count). The third-order valence-corrected chi connectivity index (χ3v) is 4.14. The van der Waals surface area contributed by atoms with Crippen LogP contribution in [0.1, 0.15) is 18.5 Å². The highest BCUT2D eigenvalue weighted by atomic mass is 32.2. The van der Waals surface area contributed by atoms with Gasteiger partial charge in [0.25, 0.3) is 0 Å². The summed E-state index contributed by atoms with van der Waals surface area (Å²) in [7, 11) is -3.46. The molecule has 6 nitrogen and oxygen atoms in total. The van der Waals surface area contributed by atoms with E-state index in [9.17, 15) is 8.42 Å². The Bertz CT molecular complexity index is 448. The summed E-state index contributed by atoms with van der Waals surface area (Å²) < 4.78 is 31.6. The van der Waals surface area contributed by atoms with Crippen LogP contribution in [0.3, 0.4) is 0 Å². The van der Waals surface area contributed by atoms with E-state index in [1.165, 1.54) is 6.20 Å².